The van der Waals surface area contributed by atoms with Gasteiger partial charge in [-0.2, -0.15) is 0 Å². The lowest BCUT2D eigenvalue weighted by atomic mass is 10.1. The number of carbonyl (C=O) groups is 2. The SMILES string of the molecule is O=C1Cc2ccc(C(=O)Nc3ccc(Cl)cc3I)cc2N1. The predicted molar refractivity (Wildman–Crippen MR) is 90.9 cm³/mol. The average molecular weight is 413 g/mol. The van der Waals surface area contributed by atoms with Gasteiger partial charge in [-0.15, -0.1) is 0 Å². The Bertz CT molecular complexity index is 761. The molecule has 2 N–H and O–H groups in total. The highest BCUT2D eigenvalue weighted by atomic mass is 127. The van der Waals surface area contributed by atoms with Crippen molar-refractivity contribution in [1.29, 1.82) is 0 Å². The van der Waals surface area contributed by atoms with Gasteiger partial charge in [0.15, 0.2) is 0 Å². The van der Waals surface area contributed by atoms with E-state index >= 15 is 0 Å². The molecule has 0 unspecified atom stereocenters. The summed E-state index contributed by atoms with van der Waals surface area (Å²) in [4.78, 5) is 23.6. The Kier molecular flexibility index (Phi) is 3.86. The van der Waals surface area contributed by atoms with Crippen molar-refractivity contribution in [3.8, 4) is 0 Å². The van der Waals surface area contributed by atoms with Crippen LogP contribution in [0.2, 0.25) is 5.02 Å². The van der Waals surface area contributed by atoms with Crippen LogP contribution in [0.15, 0.2) is 36.4 Å². The number of anilines is 2. The molecule has 3 rings (SSSR count). The molecule has 1 aliphatic rings. The molecule has 6 heteroatoms. The van der Waals surface area contributed by atoms with E-state index in [0.29, 0.717) is 28.4 Å². The van der Waals surface area contributed by atoms with Crippen LogP contribution in [0.5, 0.6) is 0 Å². The van der Waals surface area contributed by atoms with Crippen LogP contribution in [0.25, 0.3) is 0 Å². The molecule has 0 saturated carbocycles. The maximum atomic E-state index is 12.3. The summed E-state index contributed by atoms with van der Waals surface area (Å²) in [5.41, 5.74) is 2.83. The number of hydrogen-bond acceptors (Lipinski definition) is 2. The molecule has 1 heterocycles. The average Bonchev–Trinajstić information content (AvgIpc) is 2.80. The number of hydrogen-bond donors (Lipinski definition) is 2. The lowest BCUT2D eigenvalue weighted by molar-refractivity contribution is -0.115. The van der Waals surface area contributed by atoms with Crippen molar-refractivity contribution in [3.05, 3.63) is 56.1 Å². The largest absolute Gasteiger partial charge is 0.326 e. The summed E-state index contributed by atoms with van der Waals surface area (Å²) in [7, 11) is 0. The molecule has 4 nitrogen and oxygen atoms in total. The molecule has 2 aromatic carbocycles. The van der Waals surface area contributed by atoms with E-state index in [1.807, 2.05) is 0 Å². The lowest BCUT2D eigenvalue weighted by Gasteiger charge is -2.09. The summed E-state index contributed by atoms with van der Waals surface area (Å²) < 4.78 is 0.864. The predicted octanol–water partition coefficient (Wildman–Crippen LogP) is 3.69. The smallest absolute Gasteiger partial charge is 0.255 e. The minimum absolute atomic E-state index is 0.0465. The minimum Gasteiger partial charge on any atom is -0.326 e. The van der Waals surface area contributed by atoms with Crippen molar-refractivity contribution in [1.82, 2.24) is 0 Å². The molecule has 0 aromatic heterocycles. The number of nitrogens with one attached hydrogen (secondary N) is 2. The zero-order valence-corrected chi connectivity index (χ0v) is 13.7. The highest BCUT2D eigenvalue weighted by Crippen LogP contribution is 2.26. The van der Waals surface area contributed by atoms with Crippen molar-refractivity contribution < 1.29 is 9.59 Å². The van der Waals surface area contributed by atoms with Gasteiger partial charge in [-0.05, 0) is 58.5 Å². The standard InChI is InChI=1S/C15H10ClIN2O2/c16-10-3-4-12(11(17)7-10)19-15(21)9-2-1-8-6-14(20)18-13(8)5-9/h1-5,7H,6H2,(H,18,20)(H,19,21). The van der Waals surface area contributed by atoms with Gasteiger partial charge in [0.05, 0.1) is 12.1 Å². The molecule has 21 heavy (non-hydrogen) atoms. The number of benzene rings is 2. The van der Waals surface area contributed by atoms with Gasteiger partial charge in [-0.3, -0.25) is 9.59 Å². The third-order valence-corrected chi connectivity index (χ3v) is 4.30. The maximum Gasteiger partial charge on any atom is 0.255 e. The maximum absolute atomic E-state index is 12.3. The third-order valence-electron chi connectivity index (χ3n) is 3.18. The highest BCUT2D eigenvalue weighted by Gasteiger charge is 2.19. The van der Waals surface area contributed by atoms with Gasteiger partial charge in [0.1, 0.15) is 0 Å². The van der Waals surface area contributed by atoms with Gasteiger partial charge in [0.2, 0.25) is 5.91 Å². The van der Waals surface area contributed by atoms with Gasteiger partial charge in [0, 0.05) is 19.8 Å². The molecule has 0 fully saturated rings. The van der Waals surface area contributed by atoms with E-state index in [1.165, 1.54) is 0 Å². The molecule has 0 radical (unpaired) electrons. The Labute approximate surface area is 140 Å². The number of halogens is 2. The molecule has 0 bridgehead atoms. The van der Waals surface area contributed by atoms with Gasteiger partial charge in [0.25, 0.3) is 5.91 Å². The molecule has 0 atom stereocenters. The van der Waals surface area contributed by atoms with Gasteiger partial charge in [-0.25, -0.2) is 0 Å². The summed E-state index contributed by atoms with van der Waals surface area (Å²) in [5, 5.41) is 6.20. The Morgan fingerprint density at radius 2 is 2.05 bits per heavy atom. The first-order valence-electron chi connectivity index (χ1n) is 6.22. The number of fused-ring (bicyclic) bond motifs is 1. The Hall–Kier alpha value is -1.60. The first kappa shape index (κ1) is 14.3. The number of carbonyl (C=O) groups excluding carboxylic acids is 2. The van der Waals surface area contributed by atoms with E-state index in [0.717, 1.165) is 9.13 Å². The van der Waals surface area contributed by atoms with Crippen molar-refractivity contribution in [2.45, 2.75) is 6.42 Å². The van der Waals surface area contributed by atoms with E-state index in [9.17, 15) is 9.59 Å². The van der Waals surface area contributed by atoms with Gasteiger partial charge in [-0.1, -0.05) is 17.7 Å². The minimum atomic E-state index is -0.223. The third kappa shape index (κ3) is 3.03. The quantitative estimate of drug-likeness (QED) is 0.739. The summed E-state index contributed by atoms with van der Waals surface area (Å²) >= 11 is 8.01. The van der Waals surface area contributed by atoms with Gasteiger partial charge < -0.3 is 10.6 Å². The fourth-order valence-corrected chi connectivity index (χ4v) is 3.15. The fourth-order valence-electron chi connectivity index (χ4n) is 2.14. The van der Waals surface area contributed by atoms with E-state index in [4.69, 9.17) is 11.6 Å². The molecule has 2 aromatic rings. The first-order valence-corrected chi connectivity index (χ1v) is 7.68. The summed E-state index contributed by atoms with van der Waals surface area (Å²) in [6.45, 7) is 0. The number of rotatable bonds is 2. The van der Waals surface area contributed by atoms with Crippen molar-refractivity contribution in [2.75, 3.05) is 10.6 Å². The molecular weight excluding hydrogens is 403 g/mol. The topological polar surface area (TPSA) is 58.2 Å². The zero-order chi connectivity index (χ0) is 15.0. The van der Waals surface area contributed by atoms with Crippen LogP contribution in [-0.2, 0) is 11.2 Å². The van der Waals surface area contributed by atoms with Gasteiger partial charge >= 0.3 is 0 Å². The summed E-state index contributed by atoms with van der Waals surface area (Å²) in [6, 6.07) is 10.5. The van der Waals surface area contributed by atoms with E-state index in [1.54, 1.807) is 36.4 Å². The fraction of sp³-hybridized carbons (Fsp3) is 0.0667. The molecular formula is C15H10ClIN2O2. The van der Waals surface area contributed by atoms with E-state index in [-0.39, 0.29) is 11.8 Å². The van der Waals surface area contributed by atoms with Crippen LogP contribution in [0.1, 0.15) is 15.9 Å². The van der Waals surface area contributed by atoms with Crippen LogP contribution < -0.4 is 10.6 Å². The van der Waals surface area contributed by atoms with Crippen LogP contribution >= 0.6 is 34.2 Å². The Balaban J connectivity index is 1.83. The Morgan fingerprint density at radius 3 is 2.81 bits per heavy atom. The van der Waals surface area contributed by atoms with Crippen LogP contribution in [-0.4, -0.2) is 11.8 Å². The van der Waals surface area contributed by atoms with Crippen molar-refractivity contribution >= 4 is 57.4 Å². The second-order valence-corrected chi connectivity index (χ2v) is 6.27. The summed E-state index contributed by atoms with van der Waals surface area (Å²) in [5.74, 6) is -0.269. The van der Waals surface area contributed by atoms with Crippen LogP contribution in [0, 0.1) is 3.57 Å². The monoisotopic (exact) mass is 412 g/mol. The van der Waals surface area contributed by atoms with Crippen molar-refractivity contribution in [3.63, 3.8) is 0 Å². The zero-order valence-electron chi connectivity index (χ0n) is 10.7. The molecule has 2 amide bonds. The summed E-state index contributed by atoms with van der Waals surface area (Å²) in [6.07, 6.45) is 0.367. The second-order valence-electron chi connectivity index (χ2n) is 4.68. The second kappa shape index (κ2) is 5.65. The molecule has 0 spiro atoms. The van der Waals surface area contributed by atoms with Crippen molar-refractivity contribution in [2.24, 2.45) is 0 Å². The first-order chi connectivity index (χ1) is 10.0. The van der Waals surface area contributed by atoms with Crippen LogP contribution in [0.3, 0.4) is 0 Å². The number of amides is 2. The highest BCUT2D eigenvalue weighted by molar-refractivity contribution is 14.1. The molecule has 0 aliphatic carbocycles. The molecule has 0 saturated heterocycles. The van der Waals surface area contributed by atoms with Crippen LogP contribution in [0.4, 0.5) is 11.4 Å². The Morgan fingerprint density at radius 1 is 1.24 bits per heavy atom. The van der Waals surface area contributed by atoms with E-state index < -0.39 is 0 Å². The lowest BCUT2D eigenvalue weighted by Crippen LogP contribution is -2.13. The molecule has 1 aliphatic heterocycles. The van der Waals surface area contributed by atoms with E-state index in [2.05, 4.69) is 33.2 Å². The normalized spacial score (nSPS) is 12.8. The molecule has 106 valence electrons.